The highest BCUT2D eigenvalue weighted by Gasteiger charge is 2.05. The highest BCUT2D eigenvalue weighted by molar-refractivity contribution is 5.37. The van der Waals surface area contributed by atoms with E-state index >= 15 is 0 Å². The average molecular weight is 261 g/mol. The number of hydrogen-bond donors (Lipinski definition) is 1. The number of anilines is 1. The lowest BCUT2D eigenvalue weighted by Gasteiger charge is -2.08. The molecule has 6 heteroatoms. The predicted molar refractivity (Wildman–Crippen MR) is 72.8 cm³/mol. The summed E-state index contributed by atoms with van der Waals surface area (Å²) in [5, 5.41) is 7.51. The minimum Gasteiger partial charge on any atom is -0.377 e. The van der Waals surface area contributed by atoms with Crippen molar-refractivity contribution in [2.75, 3.05) is 12.4 Å². The molecule has 2 heterocycles. The van der Waals surface area contributed by atoms with Crippen molar-refractivity contribution >= 4 is 5.82 Å². The summed E-state index contributed by atoms with van der Waals surface area (Å²) in [6.45, 7) is 5.11. The molecule has 0 atom stereocenters. The largest absolute Gasteiger partial charge is 0.377 e. The molecule has 0 saturated heterocycles. The van der Waals surface area contributed by atoms with Gasteiger partial charge in [-0.2, -0.15) is 5.10 Å². The fourth-order valence-corrected chi connectivity index (χ4v) is 1.82. The Balaban J connectivity index is 2.08. The molecule has 0 unspecified atom stereocenters. The summed E-state index contributed by atoms with van der Waals surface area (Å²) >= 11 is 0. The van der Waals surface area contributed by atoms with Gasteiger partial charge < -0.3 is 10.1 Å². The van der Waals surface area contributed by atoms with Gasteiger partial charge in [-0.25, -0.2) is 9.97 Å². The van der Waals surface area contributed by atoms with Crippen molar-refractivity contribution in [2.24, 2.45) is 7.05 Å². The van der Waals surface area contributed by atoms with E-state index in [-0.39, 0.29) is 0 Å². The molecule has 0 aromatic carbocycles. The first kappa shape index (κ1) is 13.5. The quantitative estimate of drug-likeness (QED) is 0.885. The van der Waals surface area contributed by atoms with Crippen LogP contribution in [0.3, 0.4) is 0 Å². The number of methoxy groups -OCH3 is 1. The number of rotatable bonds is 5. The highest BCUT2D eigenvalue weighted by atomic mass is 16.5. The summed E-state index contributed by atoms with van der Waals surface area (Å²) < 4.78 is 6.92. The van der Waals surface area contributed by atoms with E-state index < -0.39 is 0 Å². The molecule has 0 fully saturated rings. The third-order valence-electron chi connectivity index (χ3n) is 2.97. The maximum atomic E-state index is 5.06. The van der Waals surface area contributed by atoms with E-state index in [9.17, 15) is 0 Å². The second-order valence-corrected chi connectivity index (χ2v) is 4.48. The van der Waals surface area contributed by atoms with E-state index in [1.807, 2.05) is 37.8 Å². The lowest BCUT2D eigenvalue weighted by Crippen LogP contribution is -2.07. The zero-order chi connectivity index (χ0) is 13.8. The minimum atomic E-state index is 0.419. The highest BCUT2D eigenvalue weighted by Crippen LogP contribution is 2.11. The van der Waals surface area contributed by atoms with Crippen LogP contribution < -0.4 is 5.32 Å². The molecule has 0 aliphatic rings. The van der Waals surface area contributed by atoms with Crippen LogP contribution in [0.2, 0.25) is 0 Å². The van der Waals surface area contributed by atoms with Crippen LogP contribution in [-0.4, -0.2) is 26.9 Å². The molecule has 0 aliphatic carbocycles. The Morgan fingerprint density at radius 3 is 2.74 bits per heavy atom. The summed E-state index contributed by atoms with van der Waals surface area (Å²) in [7, 11) is 3.57. The third kappa shape index (κ3) is 3.29. The van der Waals surface area contributed by atoms with Crippen molar-refractivity contribution in [3.05, 3.63) is 35.0 Å². The number of nitrogens with zero attached hydrogens (tertiary/aromatic N) is 4. The standard InChI is InChI=1S/C13H19N5O/c1-9-5-12(17-13(16-9)8-19-4)14-6-11-7-15-18(3)10(11)2/h5,7H,6,8H2,1-4H3,(H,14,16,17). The van der Waals surface area contributed by atoms with Crippen LogP contribution in [0, 0.1) is 13.8 Å². The first-order chi connectivity index (χ1) is 9.10. The molecular weight excluding hydrogens is 242 g/mol. The third-order valence-corrected chi connectivity index (χ3v) is 2.97. The van der Waals surface area contributed by atoms with Crippen molar-refractivity contribution < 1.29 is 4.74 Å². The number of hydrogen-bond acceptors (Lipinski definition) is 5. The summed E-state index contributed by atoms with van der Waals surface area (Å²) in [6, 6.07) is 1.92. The molecule has 2 aromatic rings. The van der Waals surface area contributed by atoms with Gasteiger partial charge in [-0.3, -0.25) is 4.68 Å². The van der Waals surface area contributed by atoms with Crippen LogP contribution in [0.5, 0.6) is 0 Å². The predicted octanol–water partition coefficient (Wildman–Crippen LogP) is 1.59. The number of ether oxygens (including phenoxy) is 1. The number of aryl methyl sites for hydroxylation is 2. The molecule has 19 heavy (non-hydrogen) atoms. The Morgan fingerprint density at radius 1 is 1.32 bits per heavy atom. The average Bonchev–Trinajstić information content (AvgIpc) is 2.67. The lowest BCUT2D eigenvalue weighted by atomic mass is 10.2. The normalized spacial score (nSPS) is 10.7. The molecule has 0 radical (unpaired) electrons. The summed E-state index contributed by atoms with van der Waals surface area (Å²) in [5.74, 6) is 1.50. The molecule has 6 nitrogen and oxygen atoms in total. The van der Waals surface area contributed by atoms with Gasteiger partial charge in [0, 0.05) is 43.7 Å². The molecule has 0 spiro atoms. The summed E-state index contributed by atoms with van der Waals surface area (Å²) in [5.41, 5.74) is 3.23. The van der Waals surface area contributed by atoms with Gasteiger partial charge >= 0.3 is 0 Å². The van der Waals surface area contributed by atoms with Gasteiger partial charge in [0.2, 0.25) is 0 Å². The van der Waals surface area contributed by atoms with E-state index in [1.54, 1.807) is 7.11 Å². The SMILES string of the molecule is COCc1nc(C)cc(NCc2cnn(C)c2C)n1. The van der Waals surface area contributed by atoms with E-state index in [0.29, 0.717) is 19.0 Å². The Bertz CT molecular complexity index is 564. The number of aromatic nitrogens is 4. The monoisotopic (exact) mass is 261 g/mol. The zero-order valence-corrected chi connectivity index (χ0v) is 11.8. The summed E-state index contributed by atoms with van der Waals surface area (Å²) in [4.78, 5) is 8.71. The molecule has 0 bridgehead atoms. The summed E-state index contributed by atoms with van der Waals surface area (Å²) in [6.07, 6.45) is 1.87. The van der Waals surface area contributed by atoms with Crippen LogP contribution in [0.1, 0.15) is 22.8 Å². The van der Waals surface area contributed by atoms with Crippen LogP contribution in [0.4, 0.5) is 5.82 Å². The molecule has 0 saturated carbocycles. The Kier molecular flexibility index (Phi) is 4.11. The van der Waals surface area contributed by atoms with Gasteiger partial charge in [-0.1, -0.05) is 0 Å². The maximum Gasteiger partial charge on any atom is 0.156 e. The molecule has 2 rings (SSSR count). The first-order valence-electron chi connectivity index (χ1n) is 6.15. The fraction of sp³-hybridized carbons (Fsp3) is 0.462. The Hall–Kier alpha value is -1.95. The van der Waals surface area contributed by atoms with Gasteiger partial charge in [-0.15, -0.1) is 0 Å². The van der Waals surface area contributed by atoms with Gasteiger partial charge in [0.25, 0.3) is 0 Å². The van der Waals surface area contributed by atoms with Gasteiger partial charge in [-0.05, 0) is 13.8 Å². The lowest BCUT2D eigenvalue weighted by molar-refractivity contribution is 0.177. The second-order valence-electron chi connectivity index (χ2n) is 4.48. The molecule has 2 aromatic heterocycles. The van der Waals surface area contributed by atoms with Crippen LogP contribution in [-0.2, 0) is 24.9 Å². The van der Waals surface area contributed by atoms with Crippen LogP contribution in [0.15, 0.2) is 12.3 Å². The molecule has 102 valence electrons. The van der Waals surface area contributed by atoms with Crippen molar-refractivity contribution in [1.29, 1.82) is 0 Å². The zero-order valence-electron chi connectivity index (χ0n) is 11.8. The Labute approximate surface area is 112 Å². The van der Waals surface area contributed by atoms with Gasteiger partial charge in [0.05, 0.1) is 6.20 Å². The van der Waals surface area contributed by atoms with E-state index in [4.69, 9.17) is 4.74 Å². The number of nitrogens with one attached hydrogen (secondary N) is 1. The van der Waals surface area contributed by atoms with Crippen molar-refractivity contribution in [2.45, 2.75) is 27.0 Å². The van der Waals surface area contributed by atoms with Crippen LogP contribution in [0.25, 0.3) is 0 Å². The van der Waals surface area contributed by atoms with Crippen LogP contribution >= 0.6 is 0 Å². The van der Waals surface area contributed by atoms with Crippen molar-refractivity contribution in [3.8, 4) is 0 Å². The molecule has 0 amide bonds. The molecule has 1 N–H and O–H groups in total. The van der Waals surface area contributed by atoms with E-state index in [0.717, 1.165) is 22.8 Å². The van der Waals surface area contributed by atoms with E-state index in [2.05, 4.69) is 20.4 Å². The fourth-order valence-electron chi connectivity index (χ4n) is 1.82. The minimum absolute atomic E-state index is 0.419. The van der Waals surface area contributed by atoms with Crippen molar-refractivity contribution in [3.63, 3.8) is 0 Å². The van der Waals surface area contributed by atoms with E-state index in [1.165, 1.54) is 0 Å². The van der Waals surface area contributed by atoms with Gasteiger partial charge in [0.1, 0.15) is 12.4 Å². The smallest absolute Gasteiger partial charge is 0.156 e. The second kappa shape index (κ2) is 5.79. The molecular formula is C13H19N5O. The van der Waals surface area contributed by atoms with Gasteiger partial charge in [0.15, 0.2) is 5.82 Å². The first-order valence-corrected chi connectivity index (χ1v) is 6.15. The van der Waals surface area contributed by atoms with Crippen molar-refractivity contribution in [1.82, 2.24) is 19.7 Å². The molecule has 0 aliphatic heterocycles. The Morgan fingerprint density at radius 2 is 2.11 bits per heavy atom. The topological polar surface area (TPSA) is 64.9 Å². The maximum absolute atomic E-state index is 5.06.